The average molecular weight is 336 g/mol. The molecule has 1 N–H and O–H groups in total. The van der Waals surface area contributed by atoms with Crippen molar-refractivity contribution in [2.24, 2.45) is 5.92 Å². The molecule has 130 valence electrons. The number of para-hydroxylation sites is 1. The highest BCUT2D eigenvalue weighted by Gasteiger charge is 2.54. The van der Waals surface area contributed by atoms with Crippen molar-refractivity contribution in [1.82, 2.24) is 4.90 Å². The first kappa shape index (κ1) is 16.3. The van der Waals surface area contributed by atoms with Gasteiger partial charge in [-0.2, -0.15) is 0 Å². The predicted molar refractivity (Wildman–Crippen MR) is 97.9 cm³/mol. The van der Waals surface area contributed by atoms with E-state index in [1.807, 2.05) is 59.5 Å². The molecule has 25 heavy (non-hydrogen) atoms. The van der Waals surface area contributed by atoms with Gasteiger partial charge >= 0.3 is 0 Å². The molecule has 4 nitrogen and oxygen atoms in total. The Bertz CT molecular complexity index is 776. The van der Waals surface area contributed by atoms with E-state index in [2.05, 4.69) is 6.92 Å². The molecular weight excluding hydrogens is 312 g/mol. The number of carbonyl (C=O) groups excluding carboxylic acids is 1. The van der Waals surface area contributed by atoms with Gasteiger partial charge in [-0.3, -0.25) is 9.69 Å². The number of carbonyl (C=O) groups is 1. The number of rotatable bonds is 3. The van der Waals surface area contributed by atoms with Crippen LogP contribution in [-0.2, 0) is 17.1 Å². The molecule has 0 unspecified atom stereocenters. The van der Waals surface area contributed by atoms with Gasteiger partial charge in [0.25, 0.3) is 5.91 Å². The summed E-state index contributed by atoms with van der Waals surface area (Å²) in [4.78, 5) is 17.0. The number of aliphatic hydroxyl groups is 1. The number of hydrogen-bond acceptors (Lipinski definition) is 3. The van der Waals surface area contributed by atoms with E-state index in [9.17, 15) is 9.90 Å². The first-order chi connectivity index (χ1) is 12.1. The Kier molecular flexibility index (Phi) is 4.10. The zero-order valence-electron chi connectivity index (χ0n) is 14.6. The predicted octanol–water partition coefficient (Wildman–Crippen LogP) is 3.11. The Morgan fingerprint density at radius 2 is 1.84 bits per heavy atom. The molecule has 0 aromatic heterocycles. The van der Waals surface area contributed by atoms with Gasteiger partial charge in [-0.25, -0.2) is 0 Å². The SMILES string of the molecule is C[C@H]1CCCN([C@]2(O)C(=O)N(Cc3ccccc3)c3ccccc32)C1. The zero-order valence-corrected chi connectivity index (χ0v) is 14.6. The maximum absolute atomic E-state index is 13.3. The normalized spacial score (nSPS) is 26.7. The fourth-order valence-corrected chi connectivity index (χ4v) is 4.13. The number of anilines is 1. The van der Waals surface area contributed by atoms with Gasteiger partial charge in [0.05, 0.1) is 12.2 Å². The summed E-state index contributed by atoms with van der Waals surface area (Å²) < 4.78 is 0. The molecular formula is C21H24N2O2. The minimum absolute atomic E-state index is 0.230. The molecule has 2 aromatic carbocycles. The number of likely N-dealkylation sites (tertiary alicyclic amines) is 1. The molecule has 0 bridgehead atoms. The molecule has 0 radical (unpaired) electrons. The van der Waals surface area contributed by atoms with Crippen molar-refractivity contribution in [2.45, 2.75) is 32.0 Å². The van der Waals surface area contributed by atoms with Crippen LogP contribution in [0.15, 0.2) is 54.6 Å². The van der Waals surface area contributed by atoms with Gasteiger partial charge in [0, 0.05) is 18.7 Å². The lowest BCUT2D eigenvalue weighted by molar-refractivity contribution is -0.165. The Balaban J connectivity index is 1.73. The maximum atomic E-state index is 13.3. The van der Waals surface area contributed by atoms with Gasteiger partial charge in [-0.05, 0) is 30.4 Å². The van der Waals surface area contributed by atoms with Crippen molar-refractivity contribution in [3.63, 3.8) is 0 Å². The number of nitrogens with zero attached hydrogens (tertiary/aromatic N) is 2. The van der Waals surface area contributed by atoms with Gasteiger partial charge in [0.1, 0.15) is 0 Å². The van der Waals surface area contributed by atoms with Crippen molar-refractivity contribution >= 4 is 11.6 Å². The van der Waals surface area contributed by atoms with Gasteiger partial charge in [0.2, 0.25) is 5.72 Å². The molecule has 0 saturated carbocycles. The lowest BCUT2D eigenvalue weighted by Crippen LogP contribution is -2.55. The van der Waals surface area contributed by atoms with E-state index in [0.29, 0.717) is 18.0 Å². The maximum Gasteiger partial charge on any atom is 0.279 e. The molecule has 2 atom stereocenters. The number of hydrogen-bond donors (Lipinski definition) is 1. The smallest absolute Gasteiger partial charge is 0.279 e. The van der Waals surface area contributed by atoms with E-state index < -0.39 is 5.72 Å². The Morgan fingerprint density at radius 1 is 1.12 bits per heavy atom. The molecule has 1 saturated heterocycles. The van der Waals surface area contributed by atoms with Crippen LogP contribution in [0.4, 0.5) is 5.69 Å². The fourth-order valence-electron chi connectivity index (χ4n) is 4.13. The molecule has 4 rings (SSSR count). The quantitative estimate of drug-likeness (QED) is 0.937. The van der Waals surface area contributed by atoms with Crippen molar-refractivity contribution in [3.05, 3.63) is 65.7 Å². The second kappa shape index (κ2) is 6.28. The van der Waals surface area contributed by atoms with Crippen LogP contribution in [0.25, 0.3) is 0 Å². The Labute approximate surface area is 148 Å². The zero-order chi connectivity index (χ0) is 17.4. The molecule has 4 heteroatoms. The minimum Gasteiger partial charge on any atom is -0.364 e. The summed E-state index contributed by atoms with van der Waals surface area (Å²) in [7, 11) is 0. The molecule has 0 aliphatic carbocycles. The summed E-state index contributed by atoms with van der Waals surface area (Å²) in [5, 5.41) is 11.5. The topological polar surface area (TPSA) is 43.8 Å². The molecule has 2 heterocycles. The highest BCUT2D eigenvalue weighted by molar-refractivity contribution is 6.06. The summed E-state index contributed by atoms with van der Waals surface area (Å²) in [6.45, 7) is 4.15. The van der Waals surface area contributed by atoms with Crippen LogP contribution in [0.5, 0.6) is 0 Å². The van der Waals surface area contributed by atoms with Crippen LogP contribution in [-0.4, -0.2) is 29.0 Å². The summed E-state index contributed by atoms with van der Waals surface area (Å²) in [6, 6.07) is 17.6. The highest BCUT2D eigenvalue weighted by atomic mass is 16.3. The van der Waals surface area contributed by atoms with Crippen LogP contribution >= 0.6 is 0 Å². The van der Waals surface area contributed by atoms with Crippen LogP contribution in [0.2, 0.25) is 0 Å². The summed E-state index contributed by atoms with van der Waals surface area (Å²) >= 11 is 0. The molecule has 1 amide bonds. The Hall–Kier alpha value is -2.17. The monoisotopic (exact) mass is 336 g/mol. The summed E-state index contributed by atoms with van der Waals surface area (Å²) in [5.41, 5.74) is 1.05. The molecule has 2 aromatic rings. The number of amides is 1. The molecule has 2 aliphatic heterocycles. The van der Waals surface area contributed by atoms with Crippen LogP contribution < -0.4 is 4.90 Å². The number of benzene rings is 2. The van der Waals surface area contributed by atoms with E-state index in [4.69, 9.17) is 0 Å². The van der Waals surface area contributed by atoms with E-state index in [1.54, 1.807) is 4.90 Å². The van der Waals surface area contributed by atoms with Crippen LogP contribution in [0.3, 0.4) is 0 Å². The second-order valence-electron chi connectivity index (χ2n) is 7.26. The molecule has 1 fully saturated rings. The summed E-state index contributed by atoms with van der Waals surface area (Å²) in [5.74, 6) is 0.257. The van der Waals surface area contributed by atoms with Gasteiger partial charge < -0.3 is 10.0 Å². The van der Waals surface area contributed by atoms with E-state index in [0.717, 1.165) is 37.2 Å². The van der Waals surface area contributed by atoms with E-state index in [-0.39, 0.29) is 5.91 Å². The third-order valence-corrected chi connectivity index (χ3v) is 5.41. The van der Waals surface area contributed by atoms with Gasteiger partial charge in [0.15, 0.2) is 0 Å². The van der Waals surface area contributed by atoms with E-state index in [1.165, 1.54) is 0 Å². The largest absolute Gasteiger partial charge is 0.364 e. The van der Waals surface area contributed by atoms with Crippen molar-refractivity contribution in [2.75, 3.05) is 18.0 Å². The van der Waals surface area contributed by atoms with Crippen molar-refractivity contribution in [1.29, 1.82) is 0 Å². The fraction of sp³-hybridized carbons (Fsp3) is 0.381. The first-order valence-electron chi connectivity index (χ1n) is 9.03. The van der Waals surface area contributed by atoms with Crippen molar-refractivity contribution < 1.29 is 9.90 Å². The standard InChI is InChI=1S/C21H24N2O2/c1-16-8-7-13-22(14-16)21(25)18-11-5-6-12-19(18)23(20(21)24)15-17-9-3-2-4-10-17/h2-6,9-12,16,25H,7-8,13-15H2,1H3/t16-,21+/m0/s1. The average Bonchev–Trinajstić information content (AvgIpc) is 2.86. The lowest BCUT2D eigenvalue weighted by atomic mass is 9.94. The third kappa shape index (κ3) is 2.66. The molecule has 2 aliphatic rings. The lowest BCUT2D eigenvalue weighted by Gasteiger charge is -2.40. The van der Waals surface area contributed by atoms with Gasteiger partial charge in [-0.15, -0.1) is 0 Å². The molecule has 0 spiro atoms. The van der Waals surface area contributed by atoms with Crippen molar-refractivity contribution in [3.8, 4) is 0 Å². The number of piperidine rings is 1. The minimum atomic E-state index is -1.54. The highest BCUT2D eigenvalue weighted by Crippen LogP contribution is 2.44. The Morgan fingerprint density at radius 3 is 2.60 bits per heavy atom. The second-order valence-corrected chi connectivity index (χ2v) is 7.26. The third-order valence-electron chi connectivity index (χ3n) is 5.41. The van der Waals surface area contributed by atoms with Crippen LogP contribution in [0.1, 0.15) is 30.9 Å². The first-order valence-corrected chi connectivity index (χ1v) is 9.03. The van der Waals surface area contributed by atoms with E-state index >= 15 is 0 Å². The van der Waals surface area contributed by atoms with Crippen LogP contribution in [0, 0.1) is 5.92 Å². The summed E-state index contributed by atoms with van der Waals surface area (Å²) in [6.07, 6.45) is 2.16. The number of fused-ring (bicyclic) bond motifs is 1. The van der Waals surface area contributed by atoms with Gasteiger partial charge in [-0.1, -0.05) is 55.5 Å².